The van der Waals surface area contributed by atoms with Crippen molar-refractivity contribution in [1.82, 2.24) is 0 Å². The maximum atomic E-state index is 13.0. The lowest BCUT2D eigenvalue weighted by Crippen LogP contribution is -2.31. The molecule has 0 fully saturated rings. The van der Waals surface area contributed by atoms with Crippen LogP contribution in [0.25, 0.3) is 0 Å². The molecular formula is C15H18F3NO2. The van der Waals surface area contributed by atoms with Gasteiger partial charge in [0.25, 0.3) is 0 Å². The van der Waals surface area contributed by atoms with Gasteiger partial charge in [0, 0.05) is 5.71 Å². The molecule has 0 aliphatic heterocycles. The molecule has 0 spiro atoms. The Bertz CT molecular complexity index is 495. The molecule has 0 saturated heterocycles. The van der Waals surface area contributed by atoms with Gasteiger partial charge >= 0.3 is 12.1 Å². The number of benzene rings is 1. The number of alkyl halides is 3. The quantitative estimate of drug-likeness (QED) is 0.613. The summed E-state index contributed by atoms with van der Waals surface area (Å²) in [5.41, 5.74) is 0.819. The highest BCUT2D eigenvalue weighted by Gasteiger charge is 2.41. The first kappa shape index (κ1) is 17.2. The minimum Gasteiger partial charge on any atom is -0.463 e. The molecule has 21 heavy (non-hydrogen) atoms. The highest BCUT2D eigenvalue weighted by Crippen LogP contribution is 2.26. The molecule has 0 amide bonds. The molecule has 1 rings (SSSR count). The topological polar surface area (TPSA) is 38.7 Å². The molecule has 0 saturated carbocycles. The van der Waals surface area contributed by atoms with Crippen LogP contribution in [0.4, 0.5) is 13.2 Å². The summed E-state index contributed by atoms with van der Waals surface area (Å²) in [5, 5.41) is 0. The number of carbonyl (C=O) groups excluding carboxylic acids is 1. The molecule has 0 heterocycles. The molecule has 0 N–H and O–H groups in total. The van der Waals surface area contributed by atoms with E-state index < -0.39 is 30.7 Å². The molecule has 0 aromatic heterocycles. The summed E-state index contributed by atoms with van der Waals surface area (Å²) in [5.74, 6) is -0.906. The van der Waals surface area contributed by atoms with Crippen LogP contribution in [0, 0.1) is 0 Å². The summed E-state index contributed by atoms with van der Waals surface area (Å²) >= 11 is 0. The van der Waals surface area contributed by atoms with Gasteiger partial charge in [-0.15, -0.1) is 0 Å². The van der Waals surface area contributed by atoms with E-state index >= 15 is 0 Å². The summed E-state index contributed by atoms with van der Waals surface area (Å²) in [7, 11) is 0. The number of hydrogen-bond acceptors (Lipinski definition) is 3. The lowest BCUT2D eigenvalue weighted by atomic mass is 10.1. The van der Waals surface area contributed by atoms with Gasteiger partial charge in [-0.25, -0.2) is 0 Å². The first-order valence-corrected chi connectivity index (χ1v) is 6.56. The zero-order valence-electron chi connectivity index (χ0n) is 12.1. The molecule has 0 aliphatic carbocycles. The lowest BCUT2D eigenvalue weighted by Gasteiger charge is -2.17. The minimum atomic E-state index is -4.59. The summed E-state index contributed by atoms with van der Waals surface area (Å²) in [4.78, 5) is 15.1. The van der Waals surface area contributed by atoms with Gasteiger partial charge in [0.05, 0.1) is 12.5 Å². The Hall–Kier alpha value is -1.85. The van der Waals surface area contributed by atoms with Crippen LogP contribution in [-0.2, 0) is 9.53 Å². The van der Waals surface area contributed by atoms with E-state index in [1.165, 1.54) is 6.92 Å². The molecule has 6 heteroatoms. The second-order valence-corrected chi connectivity index (χ2v) is 4.88. The second kappa shape index (κ2) is 7.24. The first-order valence-electron chi connectivity index (χ1n) is 6.56. The highest BCUT2D eigenvalue weighted by atomic mass is 19.4. The summed E-state index contributed by atoms with van der Waals surface area (Å²) in [6.07, 6.45) is -5.86. The minimum absolute atomic E-state index is 0.232. The van der Waals surface area contributed by atoms with Crippen LogP contribution >= 0.6 is 0 Å². The Labute approximate surface area is 121 Å². The Kier molecular flexibility index (Phi) is 5.93. The molecule has 116 valence electrons. The molecule has 0 unspecified atom stereocenters. The lowest BCUT2D eigenvalue weighted by molar-refractivity contribution is -0.166. The summed E-state index contributed by atoms with van der Waals surface area (Å²) in [6, 6.07) is 6.42. The maximum Gasteiger partial charge on any atom is 0.411 e. The van der Waals surface area contributed by atoms with Crippen LogP contribution < -0.4 is 0 Å². The van der Waals surface area contributed by atoms with E-state index in [0.29, 0.717) is 5.56 Å². The number of aliphatic imine (C=N–C) groups is 1. The van der Waals surface area contributed by atoms with Gasteiger partial charge in [-0.2, -0.15) is 13.2 Å². The predicted molar refractivity (Wildman–Crippen MR) is 74.3 cm³/mol. The van der Waals surface area contributed by atoms with Gasteiger partial charge in [-0.05, 0) is 26.3 Å². The second-order valence-electron chi connectivity index (χ2n) is 4.88. The first-order chi connectivity index (χ1) is 9.70. The predicted octanol–water partition coefficient (Wildman–Crippen LogP) is 3.77. The maximum absolute atomic E-state index is 13.0. The Morgan fingerprint density at radius 3 is 2.29 bits per heavy atom. The van der Waals surface area contributed by atoms with Gasteiger partial charge in [-0.3, -0.25) is 9.79 Å². The number of rotatable bonds is 5. The van der Waals surface area contributed by atoms with Crippen molar-refractivity contribution in [2.75, 3.05) is 0 Å². The van der Waals surface area contributed by atoms with E-state index in [1.54, 1.807) is 44.2 Å². The molecule has 3 nitrogen and oxygen atoms in total. The standard InChI is InChI=1S/C15H18F3NO2/c1-10(2)21-14(20)9-13(15(16,17)18)19-11(3)12-7-5-4-6-8-12/h4-8,10,13H,9H2,1-3H3/t13-/m1/s1. The third-order valence-corrected chi connectivity index (χ3v) is 2.65. The van der Waals surface area contributed by atoms with E-state index in [9.17, 15) is 18.0 Å². The fourth-order valence-corrected chi connectivity index (χ4v) is 1.69. The van der Waals surface area contributed by atoms with Crippen molar-refractivity contribution in [1.29, 1.82) is 0 Å². The van der Waals surface area contributed by atoms with Crippen molar-refractivity contribution >= 4 is 11.7 Å². The van der Waals surface area contributed by atoms with E-state index in [2.05, 4.69) is 4.99 Å². The van der Waals surface area contributed by atoms with Gasteiger partial charge < -0.3 is 4.74 Å². The van der Waals surface area contributed by atoms with Gasteiger partial charge in [0.15, 0.2) is 6.04 Å². The number of carbonyl (C=O) groups is 1. The highest BCUT2D eigenvalue weighted by molar-refractivity contribution is 5.98. The fourth-order valence-electron chi connectivity index (χ4n) is 1.69. The molecule has 0 aliphatic rings. The van der Waals surface area contributed by atoms with E-state index in [-0.39, 0.29) is 5.71 Å². The van der Waals surface area contributed by atoms with Crippen molar-refractivity contribution in [2.24, 2.45) is 4.99 Å². The van der Waals surface area contributed by atoms with Gasteiger partial charge in [0.2, 0.25) is 0 Å². The van der Waals surface area contributed by atoms with E-state index in [0.717, 1.165) is 0 Å². The van der Waals surface area contributed by atoms with Crippen molar-refractivity contribution in [3.05, 3.63) is 35.9 Å². The van der Waals surface area contributed by atoms with Crippen LogP contribution in [0.1, 0.15) is 32.8 Å². The van der Waals surface area contributed by atoms with Crippen LogP contribution in [-0.4, -0.2) is 30.0 Å². The Balaban J connectivity index is 2.91. The number of esters is 1. The molecule has 0 radical (unpaired) electrons. The number of ether oxygens (including phenoxy) is 1. The van der Waals surface area contributed by atoms with Crippen molar-refractivity contribution < 1.29 is 22.7 Å². The zero-order chi connectivity index (χ0) is 16.0. The van der Waals surface area contributed by atoms with Crippen molar-refractivity contribution in [3.63, 3.8) is 0 Å². The average Bonchev–Trinajstić information content (AvgIpc) is 2.36. The van der Waals surface area contributed by atoms with Crippen LogP contribution in [0.2, 0.25) is 0 Å². The molecule has 1 aromatic rings. The van der Waals surface area contributed by atoms with E-state index in [4.69, 9.17) is 4.74 Å². The normalized spacial score (nSPS) is 14.1. The number of hydrogen-bond donors (Lipinski definition) is 0. The van der Waals surface area contributed by atoms with Crippen molar-refractivity contribution in [2.45, 2.75) is 45.5 Å². The van der Waals surface area contributed by atoms with Crippen LogP contribution in [0.15, 0.2) is 35.3 Å². The van der Waals surface area contributed by atoms with Gasteiger partial charge in [-0.1, -0.05) is 30.3 Å². The smallest absolute Gasteiger partial charge is 0.411 e. The van der Waals surface area contributed by atoms with Crippen molar-refractivity contribution in [3.8, 4) is 0 Å². The number of halogens is 3. The largest absolute Gasteiger partial charge is 0.463 e. The zero-order valence-corrected chi connectivity index (χ0v) is 12.1. The molecule has 0 bridgehead atoms. The SMILES string of the molecule is CC(=N[C@H](CC(=O)OC(C)C)C(F)(F)F)c1ccccc1. The number of nitrogens with zero attached hydrogens (tertiary/aromatic N) is 1. The molecule has 1 aromatic carbocycles. The molecule has 1 atom stereocenters. The van der Waals surface area contributed by atoms with Gasteiger partial charge in [0.1, 0.15) is 0 Å². The third kappa shape index (κ3) is 5.97. The fraction of sp³-hybridized carbons (Fsp3) is 0.467. The third-order valence-electron chi connectivity index (χ3n) is 2.65. The van der Waals surface area contributed by atoms with E-state index in [1.807, 2.05) is 0 Å². The van der Waals surface area contributed by atoms with Crippen LogP contribution in [0.5, 0.6) is 0 Å². The molecular weight excluding hydrogens is 283 g/mol. The monoisotopic (exact) mass is 301 g/mol. The Morgan fingerprint density at radius 2 is 1.81 bits per heavy atom. The summed E-state index contributed by atoms with van der Waals surface area (Å²) < 4.78 is 43.7. The average molecular weight is 301 g/mol. The Morgan fingerprint density at radius 1 is 1.24 bits per heavy atom. The van der Waals surface area contributed by atoms with Crippen LogP contribution in [0.3, 0.4) is 0 Å². The summed E-state index contributed by atoms with van der Waals surface area (Å²) in [6.45, 7) is 4.65.